The molecule has 1 N–H and O–H groups in total. The molecule has 0 spiro atoms. The number of sulfonamides is 1. The maximum Gasteiger partial charge on any atom is 0.243 e. The molecule has 0 aromatic heterocycles. The zero-order valence-corrected chi connectivity index (χ0v) is 27.7. The van der Waals surface area contributed by atoms with Gasteiger partial charge in [0, 0.05) is 42.0 Å². The van der Waals surface area contributed by atoms with Gasteiger partial charge in [0.05, 0.1) is 11.9 Å². The lowest BCUT2D eigenvalue weighted by Crippen LogP contribution is -2.53. The van der Waals surface area contributed by atoms with E-state index < -0.39 is 16.1 Å². The number of benzene rings is 3. The SMILES string of the molecule is Cc1c(Cl)cccc1N(CCCC(=O)N(Cc1ccccc1Cl)[C@@H](Cc1ccccc1)C(=O)NC1CCCCC1)S(C)(=O)=O. The molecule has 1 atom stereocenters. The highest BCUT2D eigenvalue weighted by atomic mass is 35.5. The fraction of sp³-hybridized carbons (Fsp3) is 0.412. The van der Waals surface area contributed by atoms with E-state index in [-0.39, 0.29) is 43.8 Å². The Labute approximate surface area is 271 Å². The van der Waals surface area contributed by atoms with Crippen molar-refractivity contribution in [3.8, 4) is 0 Å². The van der Waals surface area contributed by atoms with Crippen LogP contribution in [0.15, 0.2) is 72.8 Å². The van der Waals surface area contributed by atoms with Gasteiger partial charge in [0.25, 0.3) is 0 Å². The molecule has 44 heavy (non-hydrogen) atoms. The Hall–Kier alpha value is -3.07. The number of carbonyl (C=O) groups is 2. The van der Waals surface area contributed by atoms with Crippen molar-refractivity contribution in [2.24, 2.45) is 0 Å². The van der Waals surface area contributed by atoms with Crippen molar-refractivity contribution in [2.45, 2.75) is 76.9 Å². The highest BCUT2D eigenvalue weighted by Gasteiger charge is 2.32. The summed E-state index contributed by atoms with van der Waals surface area (Å²) in [5, 5.41) is 4.21. The van der Waals surface area contributed by atoms with Gasteiger partial charge in [0.1, 0.15) is 6.04 Å². The molecule has 1 aliphatic rings. The molecule has 0 unspecified atom stereocenters. The maximum atomic E-state index is 14.1. The van der Waals surface area contributed by atoms with Gasteiger partial charge in [-0.15, -0.1) is 0 Å². The van der Waals surface area contributed by atoms with Gasteiger partial charge in [0.2, 0.25) is 21.8 Å². The van der Waals surface area contributed by atoms with Crippen LogP contribution in [0.2, 0.25) is 10.0 Å². The van der Waals surface area contributed by atoms with Crippen molar-refractivity contribution < 1.29 is 18.0 Å². The maximum absolute atomic E-state index is 14.1. The second-order valence-electron chi connectivity index (χ2n) is 11.5. The van der Waals surface area contributed by atoms with Crippen molar-refractivity contribution in [3.63, 3.8) is 0 Å². The first kappa shape index (κ1) is 33.8. The van der Waals surface area contributed by atoms with E-state index in [4.69, 9.17) is 23.2 Å². The van der Waals surface area contributed by atoms with Crippen molar-refractivity contribution in [3.05, 3.63) is 99.5 Å². The molecular formula is C34H41Cl2N3O4S. The third-order valence-electron chi connectivity index (χ3n) is 8.18. The Bertz CT molecular complexity index is 1530. The van der Waals surface area contributed by atoms with Crippen LogP contribution < -0.4 is 9.62 Å². The number of halogens is 2. The summed E-state index contributed by atoms with van der Waals surface area (Å²) in [5.74, 6) is -0.436. The molecule has 1 aliphatic carbocycles. The molecule has 10 heteroatoms. The van der Waals surface area contributed by atoms with Crippen molar-refractivity contribution in [1.29, 1.82) is 0 Å². The van der Waals surface area contributed by atoms with E-state index in [9.17, 15) is 18.0 Å². The topological polar surface area (TPSA) is 86.8 Å². The van der Waals surface area contributed by atoms with Crippen LogP contribution >= 0.6 is 23.2 Å². The monoisotopic (exact) mass is 657 g/mol. The summed E-state index contributed by atoms with van der Waals surface area (Å²) in [7, 11) is -3.65. The number of nitrogens with one attached hydrogen (secondary N) is 1. The van der Waals surface area contributed by atoms with Crippen LogP contribution in [0.25, 0.3) is 0 Å². The molecular weight excluding hydrogens is 617 g/mol. The predicted molar refractivity (Wildman–Crippen MR) is 179 cm³/mol. The standard InChI is InChI=1S/C34H41Cl2N3O4S/c1-25-29(35)19-11-20-31(25)39(44(2,42)43)22-12-21-33(40)38(24-27-15-9-10-18-30(27)36)32(23-26-13-5-3-6-14-26)34(41)37-28-16-7-4-8-17-28/h3,5-6,9-11,13-15,18-20,28,32H,4,7-8,12,16-17,21-24H2,1-2H3,(H,37,41)/t32-/m0/s1. The highest BCUT2D eigenvalue weighted by molar-refractivity contribution is 7.92. The van der Waals surface area contributed by atoms with Gasteiger partial charge in [-0.05, 0) is 61.1 Å². The van der Waals surface area contributed by atoms with E-state index in [1.165, 1.54) is 4.31 Å². The molecule has 236 valence electrons. The number of carbonyl (C=O) groups excluding carboxylic acids is 2. The minimum atomic E-state index is -3.65. The molecule has 0 heterocycles. The van der Waals surface area contributed by atoms with Gasteiger partial charge < -0.3 is 10.2 Å². The Morgan fingerprint density at radius 1 is 0.909 bits per heavy atom. The number of anilines is 1. The summed E-state index contributed by atoms with van der Waals surface area (Å²) in [6.45, 7) is 2.01. The summed E-state index contributed by atoms with van der Waals surface area (Å²) in [5.41, 5.74) is 2.80. The van der Waals surface area contributed by atoms with Crippen LogP contribution in [0.1, 0.15) is 61.6 Å². The van der Waals surface area contributed by atoms with Crippen molar-refractivity contribution in [1.82, 2.24) is 10.2 Å². The quantitative estimate of drug-likeness (QED) is 0.216. The summed E-state index contributed by atoms with van der Waals surface area (Å²) < 4.78 is 26.9. The van der Waals surface area contributed by atoms with Crippen LogP contribution in [0.4, 0.5) is 5.69 Å². The Kier molecular flexibility index (Phi) is 12.1. The molecule has 0 radical (unpaired) electrons. The lowest BCUT2D eigenvalue weighted by molar-refractivity contribution is -0.141. The normalized spacial score (nSPS) is 14.5. The van der Waals surface area contributed by atoms with Crippen molar-refractivity contribution in [2.75, 3.05) is 17.1 Å². The average Bonchev–Trinajstić information content (AvgIpc) is 3.00. The number of hydrogen-bond donors (Lipinski definition) is 1. The first-order valence-electron chi connectivity index (χ1n) is 15.1. The van der Waals surface area contributed by atoms with Crippen molar-refractivity contribution >= 4 is 50.7 Å². The van der Waals surface area contributed by atoms with Gasteiger partial charge in [0.15, 0.2) is 0 Å². The van der Waals surface area contributed by atoms with Crippen LogP contribution in [0, 0.1) is 6.92 Å². The third-order valence-corrected chi connectivity index (χ3v) is 10.1. The summed E-state index contributed by atoms with van der Waals surface area (Å²) in [6, 6.07) is 21.4. The van der Waals surface area contributed by atoms with Gasteiger partial charge in [-0.2, -0.15) is 0 Å². The average molecular weight is 659 g/mol. The van der Waals surface area contributed by atoms with E-state index in [0.717, 1.165) is 49.5 Å². The third kappa shape index (κ3) is 9.22. The molecule has 3 aromatic rings. The Morgan fingerprint density at radius 3 is 2.25 bits per heavy atom. The van der Waals surface area contributed by atoms with Crippen LogP contribution in [0.5, 0.6) is 0 Å². The Balaban J connectivity index is 1.61. The van der Waals surface area contributed by atoms with Crippen LogP contribution in [-0.2, 0) is 32.6 Å². The molecule has 0 saturated heterocycles. The first-order chi connectivity index (χ1) is 21.0. The second-order valence-corrected chi connectivity index (χ2v) is 14.2. The second kappa shape index (κ2) is 15.8. The highest BCUT2D eigenvalue weighted by Crippen LogP contribution is 2.29. The zero-order valence-electron chi connectivity index (χ0n) is 25.3. The van der Waals surface area contributed by atoms with E-state index in [2.05, 4.69) is 5.32 Å². The minimum absolute atomic E-state index is 0.0398. The van der Waals surface area contributed by atoms with Crippen LogP contribution in [-0.4, -0.2) is 50.0 Å². The van der Waals surface area contributed by atoms with E-state index in [0.29, 0.717) is 27.7 Å². The Morgan fingerprint density at radius 2 is 1.57 bits per heavy atom. The minimum Gasteiger partial charge on any atom is -0.352 e. The summed E-state index contributed by atoms with van der Waals surface area (Å²) in [6.07, 6.45) is 6.92. The largest absolute Gasteiger partial charge is 0.352 e. The molecule has 0 bridgehead atoms. The van der Waals surface area contributed by atoms with Gasteiger partial charge in [-0.25, -0.2) is 8.42 Å². The van der Waals surface area contributed by atoms with Crippen LogP contribution in [0.3, 0.4) is 0 Å². The van der Waals surface area contributed by atoms with Gasteiger partial charge in [-0.3, -0.25) is 13.9 Å². The number of hydrogen-bond acceptors (Lipinski definition) is 4. The first-order valence-corrected chi connectivity index (χ1v) is 17.7. The molecule has 0 aliphatic heterocycles. The smallest absolute Gasteiger partial charge is 0.243 e. The van der Waals surface area contributed by atoms with E-state index in [1.54, 1.807) is 36.1 Å². The summed E-state index contributed by atoms with van der Waals surface area (Å²) >= 11 is 12.8. The molecule has 1 fully saturated rings. The predicted octanol–water partition coefficient (Wildman–Crippen LogP) is 6.94. The lowest BCUT2D eigenvalue weighted by atomic mass is 9.94. The van der Waals surface area contributed by atoms with Gasteiger partial charge in [-0.1, -0.05) is 97.1 Å². The molecule has 4 rings (SSSR count). The zero-order chi connectivity index (χ0) is 31.7. The lowest BCUT2D eigenvalue weighted by Gasteiger charge is -2.34. The van der Waals surface area contributed by atoms with Gasteiger partial charge >= 0.3 is 0 Å². The number of nitrogens with zero attached hydrogens (tertiary/aromatic N) is 2. The molecule has 7 nitrogen and oxygen atoms in total. The molecule has 1 saturated carbocycles. The number of amides is 2. The number of rotatable bonds is 13. The fourth-order valence-electron chi connectivity index (χ4n) is 5.76. The summed E-state index contributed by atoms with van der Waals surface area (Å²) in [4.78, 5) is 29.7. The molecule has 3 aromatic carbocycles. The van der Waals surface area contributed by atoms with E-state index in [1.807, 2.05) is 48.5 Å². The van der Waals surface area contributed by atoms with E-state index >= 15 is 0 Å². The fourth-order valence-corrected chi connectivity index (χ4v) is 7.14. The molecule has 2 amide bonds.